The summed E-state index contributed by atoms with van der Waals surface area (Å²) < 4.78 is 11.2. The van der Waals surface area contributed by atoms with Crippen LogP contribution in [0.2, 0.25) is 0 Å². The number of pyridine rings is 1. The summed E-state index contributed by atoms with van der Waals surface area (Å²) in [6, 6.07) is 19.6. The third-order valence-corrected chi connectivity index (χ3v) is 6.68. The van der Waals surface area contributed by atoms with Crippen molar-refractivity contribution in [1.82, 2.24) is 9.99 Å². The molecule has 1 aromatic heterocycles. The van der Waals surface area contributed by atoms with Gasteiger partial charge in [-0.05, 0) is 92.3 Å². The minimum Gasteiger partial charge on any atom is -0.494 e. The first-order valence-corrected chi connectivity index (χ1v) is 12.7. The maximum atomic E-state index is 13.6. The zero-order valence-electron chi connectivity index (χ0n) is 20.8. The molecule has 2 aromatic carbocycles. The van der Waals surface area contributed by atoms with Gasteiger partial charge in [0.05, 0.1) is 30.5 Å². The predicted molar refractivity (Wildman–Crippen MR) is 141 cm³/mol. The number of fused-ring (bicyclic) bond motifs is 1. The lowest BCUT2D eigenvalue weighted by Crippen LogP contribution is -2.32. The molecule has 6 nitrogen and oxygen atoms in total. The van der Waals surface area contributed by atoms with Crippen LogP contribution in [0.4, 0.5) is 0 Å². The second kappa shape index (κ2) is 10.8. The topological polar surface area (TPSA) is 64.0 Å². The lowest BCUT2D eigenvalue weighted by molar-refractivity contribution is 0.0680. The van der Waals surface area contributed by atoms with Crippen LogP contribution in [0.1, 0.15) is 60.6 Å². The monoisotopic (exact) mass is 481 g/mol. The molecule has 2 aliphatic rings. The molecule has 2 atom stereocenters. The highest BCUT2D eigenvalue weighted by atomic mass is 16.5. The highest BCUT2D eigenvalue weighted by Gasteiger charge is 2.44. The number of aromatic nitrogens is 1. The summed E-state index contributed by atoms with van der Waals surface area (Å²) in [6.07, 6.45) is 8.45. The van der Waals surface area contributed by atoms with Crippen molar-refractivity contribution in [3.8, 4) is 11.5 Å². The third kappa shape index (κ3) is 4.89. The molecule has 0 radical (unpaired) electrons. The van der Waals surface area contributed by atoms with Crippen LogP contribution in [-0.2, 0) is 0 Å². The van der Waals surface area contributed by atoms with Gasteiger partial charge in [0.2, 0.25) is 0 Å². The number of carbonyl (C=O) groups is 1. The van der Waals surface area contributed by atoms with Crippen molar-refractivity contribution < 1.29 is 14.3 Å². The van der Waals surface area contributed by atoms with Gasteiger partial charge in [0, 0.05) is 18.3 Å². The molecule has 1 fully saturated rings. The first kappa shape index (κ1) is 23.8. The minimum absolute atomic E-state index is 0.131. The summed E-state index contributed by atoms with van der Waals surface area (Å²) in [4.78, 5) is 17.8. The van der Waals surface area contributed by atoms with Crippen LogP contribution < -0.4 is 9.47 Å². The molecule has 36 heavy (non-hydrogen) atoms. The highest BCUT2D eigenvalue weighted by Crippen LogP contribution is 2.45. The molecular formula is C30H31N3O3. The SMILES string of the molecule is CCOc1ccc(C=C2CCCC3C2=NN(C(=O)c2cccnc2)C3c2ccc(OCC)cc2)cc1. The Bertz CT molecular complexity index is 1250. The Morgan fingerprint density at radius 3 is 2.33 bits per heavy atom. The van der Waals surface area contributed by atoms with E-state index in [9.17, 15) is 4.79 Å². The molecule has 6 heteroatoms. The standard InChI is InChI=1S/C30H31N3O3/c1-3-35-25-14-10-21(11-15-25)19-23-7-5-9-27-28(23)32-33(30(34)24-8-6-18-31-20-24)29(27)22-12-16-26(17-13-22)36-4-2/h6,8,10-20,27,29H,3-5,7,9H2,1-2H3. The number of benzene rings is 2. The maximum Gasteiger partial charge on any atom is 0.276 e. The lowest BCUT2D eigenvalue weighted by Gasteiger charge is -2.29. The number of hydrogen-bond donors (Lipinski definition) is 0. The molecule has 2 heterocycles. The number of amides is 1. The van der Waals surface area contributed by atoms with Crippen molar-refractivity contribution >= 4 is 17.7 Å². The van der Waals surface area contributed by atoms with Crippen LogP contribution in [0, 0.1) is 5.92 Å². The van der Waals surface area contributed by atoms with Gasteiger partial charge < -0.3 is 9.47 Å². The van der Waals surface area contributed by atoms with Gasteiger partial charge in [-0.15, -0.1) is 0 Å². The zero-order chi connectivity index (χ0) is 24.9. The van der Waals surface area contributed by atoms with E-state index in [1.807, 2.05) is 38.1 Å². The number of hydrazone groups is 1. The van der Waals surface area contributed by atoms with Crippen molar-refractivity contribution in [2.45, 2.75) is 39.2 Å². The molecule has 2 unspecified atom stereocenters. The molecular weight excluding hydrogens is 450 g/mol. The van der Waals surface area contributed by atoms with Gasteiger partial charge in [-0.3, -0.25) is 9.78 Å². The molecule has 184 valence electrons. The van der Waals surface area contributed by atoms with E-state index in [0.29, 0.717) is 18.8 Å². The first-order chi connectivity index (χ1) is 17.7. The first-order valence-electron chi connectivity index (χ1n) is 12.7. The summed E-state index contributed by atoms with van der Waals surface area (Å²) in [5, 5.41) is 6.65. The van der Waals surface area contributed by atoms with Gasteiger partial charge in [0.1, 0.15) is 11.5 Å². The van der Waals surface area contributed by atoms with Crippen LogP contribution in [0.3, 0.4) is 0 Å². The largest absolute Gasteiger partial charge is 0.494 e. The van der Waals surface area contributed by atoms with Crippen LogP contribution in [0.25, 0.3) is 6.08 Å². The molecule has 0 saturated heterocycles. The quantitative estimate of drug-likeness (QED) is 0.396. The molecule has 1 saturated carbocycles. The highest BCUT2D eigenvalue weighted by molar-refractivity contribution is 6.09. The summed E-state index contributed by atoms with van der Waals surface area (Å²) in [5.41, 5.74) is 4.89. The molecule has 3 aromatic rings. The minimum atomic E-state index is -0.174. The van der Waals surface area contributed by atoms with E-state index in [2.05, 4.69) is 35.3 Å². The predicted octanol–water partition coefficient (Wildman–Crippen LogP) is 6.32. The number of allylic oxidation sites excluding steroid dienone is 1. The second-order valence-corrected chi connectivity index (χ2v) is 8.99. The molecule has 0 N–H and O–H groups in total. The number of carbonyl (C=O) groups excluding carboxylic acids is 1. The smallest absolute Gasteiger partial charge is 0.276 e. The summed E-state index contributed by atoms with van der Waals surface area (Å²) >= 11 is 0. The summed E-state index contributed by atoms with van der Waals surface area (Å²) in [5.74, 6) is 1.68. The molecule has 5 rings (SSSR count). The van der Waals surface area contributed by atoms with E-state index >= 15 is 0 Å². The zero-order valence-corrected chi connectivity index (χ0v) is 20.8. The summed E-state index contributed by atoms with van der Waals surface area (Å²) in [7, 11) is 0. The normalized spacial score (nSPS) is 20.1. The van der Waals surface area contributed by atoms with E-state index < -0.39 is 0 Å². The van der Waals surface area contributed by atoms with Crippen LogP contribution in [0.15, 0.2) is 83.7 Å². The van der Waals surface area contributed by atoms with Gasteiger partial charge >= 0.3 is 0 Å². The Labute approximate surface area is 212 Å². The average Bonchev–Trinajstić information content (AvgIpc) is 3.31. The van der Waals surface area contributed by atoms with Gasteiger partial charge in [-0.1, -0.05) is 24.3 Å². The van der Waals surface area contributed by atoms with Gasteiger partial charge in [0.15, 0.2) is 0 Å². The Morgan fingerprint density at radius 2 is 1.69 bits per heavy atom. The molecule has 0 bridgehead atoms. The number of nitrogens with zero attached hydrogens (tertiary/aromatic N) is 3. The van der Waals surface area contributed by atoms with E-state index in [4.69, 9.17) is 14.6 Å². The molecule has 1 amide bonds. The fourth-order valence-corrected chi connectivity index (χ4v) is 5.08. The third-order valence-electron chi connectivity index (χ3n) is 6.68. The van der Waals surface area contributed by atoms with Crippen molar-refractivity contribution in [3.05, 3.63) is 95.3 Å². The molecule has 1 aliphatic heterocycles. The maximum absolute atomic E-state index is 13.6. The van der Waals surface area contributed by atoms with Crippen molar-refractivity contribution in [2.24, 2.45) is 11.0 Å². The number of rotatable bonds is 7. The van der Waals surface area contributed by atoms with E-state index in [1.54, 1.807) is 29.5 Å². The molecule has 0 spiro atoms. The van der Waals surface area contributed by atoms with Crippen molar-refractivity contribution in [3.63, 3.8) is 0 Å². The second-order valence-electron chi connectivity index (χ2n) is 8.99. The summed E-state index contributed by atoms with van der Waals surface area (Å²) in [6.45, 7) is 5.21. The van der Waals surface area contributed by atoms with Crippen LogP contribution in [0.5, 0.6) is 11.5 Å². The number of ether oxygens (including phenoxy) is 2. The fourth-order valence-electron chi connectivity index (χ4n) is 5.08. The van der Waals surface area contributed by atoms with Gasteiger partial charge in [-0.25, -0.2) is 5.01 Å². The van der Waals surface area contributed by atoms with Gasteiger partial charge in [0.25, 0.3) is 5.91 Å². The Kier molecular flexibility index (Phi) is 7.12. The fraction of sp³-hybridized carbons (Fsp3) is 0.300. The van der Waals surface area contributed by atoms with Crippen LogP contribution in [-0.4, -0.2) is 34.8 Å². The Balaban J connectivity index is 1.51. The van der Waals surface area contributed by atoms with Crippen molar-refractivity contribution in [2.75, 3.05) is 13.2 Å². The van der Waals surface area contributed by atoms with Crippen molar-refractivity contribution in [1.29, 1.82) is 0 Å². The lowest BCUT2D eigenvalue weighted by atomic mass is 9.77. The number of hydrogen-bond acceptors (Lipinski definition) is 5. The van der Waals surface area contributed by atoms with Crippen LogP contribution >= 0.6 is 0 Å². The van der Waals surface area contributed by atoms with E-state index in [1.165, 1.54) is 5.57 Å². The van der Waals surface area contributed by atoms with Gasteiger partial charge in [-0.2, -0.15) is 5.10 Å². The van der Waals surface area contributed by atoms with E-state index in [0.717, 1.165) is 47.6 Å². The molecule has 1 aliphatic carbocycles. The Hall–Kier alpha value is -3.93. The Morgan fingerprint density at radius 1 is 1.00 bits per heavy atom. The average molecular weight is 482 g/mol. The van der Waals surface area contributed by atoms with E-state index in [-0.39, 0.29) is 17.9 Å².